The summed E-state index contributed by atoms with van der Waals surface area (Å²) in [6.07, 6.45) is 7.80. The fourth-order valence-electron chi connectivity index (χ4n) is 4.64. The molecule has 0 fully saturated rings. The summed E-state index contributed by atoms with van der Waals surface area (Å²) in [5, 5.41) is 18.5. The van der Waals surface area contributed by atoms with Gasteiger partial charge in [0.25, 0.3) is 0 Å². The molecule has 16 heteroatoms. The second kappa shape index (κ2) is 15.1. The molecule has 5 aromatic rings. The number of benzene rings is 1. The Morgan fingerprint density at radius 3 is 2.68 bits per heavy atom. The van der Waals surface area contributed by atoms with E-state index in [4.69, 9.17) is 16.3 Å². The molecule has 2 N–H and O–H groups in total. The first-order valence-electron chi connectivity index (χ1n) is 14.2. The monoisotopic (exact) mass is 722 g/mol. The number of pyridine rings is 2. The number of anilines is 3. The van der Waals surface area contributed by atoms with Gasteiger partial charge in [0, 0.05) is 37.3 Å². The fourth-order valence-corrected chi connectivity index (χ4v) is 4.87. The highest BCUT2D eigenvalue weighted by molar-refractivity contribution is 6.32. The number of aryl methyl sites for hydroxylation is 1. The van der Waals surface area contributed by atoms with Crippen molar-refractivity contribution in [3.63, 3.8) is 0 Å². The number of amides is 1. The molecule has 0 bridgehead atoms. The predicted molar refractivity (Wildman–Crippen MR) is 174 cm³/mol. The zero-order chi connectivity index (χ0) is 32.8. The Balaban J connectivity index is 0.00000500. The average molecular weight is 724 g/mol. The van der Waals surface area contributed by atoms with Crippen molar-refractivity contribution in [2.45, 2.75) is 20.1 Å². The molecule has 0 unspecified atom stereocenters. The first-order valence-corrected chi connectivity index (χ1v) is 14.5. The van der Waals surface area contributed by atoms with Crippen LogP contribution < -0.4 is 32.4 Å². The van der Waals surface area contributed by atoms with Crippen LogP contribution in [0.1, 0.15) is 17.2 Å². The van der Waals surface area contributed by atoms with E-state index in [1.165, 1.54) is 12.4 Å². The fraction of sp³-hybridized carbons (Fsp3) is 0.226. The van der Waals surface area contributed by atoms with Crippen LogP contribution in [-0.4, -0.2) is 65.4 Å². The number of hydrogen-bond acceptors (Lipinski definition) is 10. The number of rotatable bonds is 12. The summed E-state index contributed by atoms with van der Waals surface area (Å²) in [5.74, 6) is 1.35. The molecule has 0 radical (unpaired) electrons. The number of carbonyl (C=O) groups is 1. The lowest BCUT2D eigenvalue weighted by Crippen LogP contribution is -3.00. The van der Waals surface area contributed by atoms with Crippen molar-refractivity contribution >= 4 is 51.6 Å². The molecule has 0 aliphatic rings. The van der Waals surface area contributed by atoms with Gasteiger partial charge in [0.2, 0.25) is 11.7 Å². The third-order valence-electron chi connectivity index (χ3n) is 7.11. The highest BCUT2D eigenvalue weighted by atomic mass is 79.9. The summed E-state index contributed by atoms with van der Waals surface area (Å²) in [7, 11) is 5.59. The van der Waals surface area contributed by atoms with E-state index in [0.29, 0.717) is 68.1 Å². The number of nitrogens with one attached hydrogen (secondary N) is 2. The van der Waals surface area contributed by atoms with E-state index in [9.17, 15) is 14.9 Å². The lowest BCUT2D eigenvalue weighted by molar-refractivity contribution is -0.898. The Morgan fingerprint density at radius 1 is 1.15 bits per heavy atom. The zero-order valence-corrected chi connectivity index (χ0v) is 28.4. The van der Waals surface area contributed by atoms with Gasteiger partial charge in [0.15, 0.2) is 5.69 Å². The molecule has 1 amide bonds. The van der Waals surface area contributed by atoms with Gasteiger partial charge in [-0.3, -0.25) is 9.78 Å². The van der Waals surface area contributed by atoms with E-state index in [0.717, 1.165) is 5.69 Å². The van der Waals surface area contributed by atoms with Crippen LogP contribution in [0.5, 0.6) is 5.75 Å². The van der Waals surface area contributed by atoms with Crippen LogP contribution in [0.3, 0.4) is 0 Å². The number of nitro groups is 1. The van der Waals surface area contributed by atoms with Gasteiger partial charge >= 0.3 is 5.82 Å². The van der Waals surface area contributed by atoms with Crippen molar-refractivity contribution in [2.75, 3.05) is 31.3 Å². The Bertz CT molecular complexity index is 1940. The molecule has 5 rings (SSSR count). The maximum atomic E-state index is 12.8. The number of nitrogens with zero attached hydrogens (tertiary/aromatic N) is 8. The Hall–Kier alpha value is -4.99. The highest BCUT2D eigenvalue weighted by Crippen LogP contribution is 2.31. The summed E-state index contributed by atoms with van der Waals surface area (Å²) in [4.78, 5) is 45.0. The summed E-state index contributed by atoms with van der Waals surface area (Å²) in [5.41, 5.74) is 2.55. The standard InChI is InChI=1S/C31H31ClN10O4.BrH/c1-20-37-31(41(44)45)26(40(20)2)17-42(3,4)13-7-9-29(43)39-28-15-23-25(16-34-28)35-19-36-30(23)38-21-10-11-27(24(32)14-21)46-18-22-8-5-6-12-33-22;/h5-12,14-16,19H,13,17-18H2,1-4H3,(H-,34,35,36,38,39,43);1H/b9-7+;. The Labute approximate surface area is 286 Å². The van der Waals surface area contributed by atoms with Crippen molar-refractivity contribution in [1.29, 1.82) is 0 Å². The van der Waals surface area contributed by atoms with Crippen molar-refractivity contribution in [1.82, 2.24) is 29.5 Å². The number of hydrogen-bond donors (Lipinski definition) is 2. The molecule has 0 saturated carbocycles. The van der Waals surface area contributed by atoms with Gasteiger partial charge < -0.3 is 51.5 Å². The smallest absolute Gasteiger partial charge is 0.391 e. The third kappa shape index (κ3) is 8.84. The van der Waals surface area contributed by atoms with E-state index in [1.54, 1.807) is 55.2 Å². The molecule has 14 nitrogen and oxygen atoms in total. The van der Waals surface area contributed by atoms with Gasteiger partial charge in [-0.25, -0.2) is 15.0 Å². The van der Waals surface area contributed by atoms with E-state index < -0.39 is 4.92 Å². The van der Waals surface area contributed by atoms with Crippen molar-refractivity contribution in [3.05, 3.63) is 106 Å². The van der Waals surface area contributed by atoms with Crippen LogP contribution in [-0.2, 0) is 25.0 Å². The lowest BCUT2D eigenvalue weighted by atomic mass is 10.2. The number of likely N-dealkylation sites (N-methyl/N-ethyl adjacent to an activating group) is 1. The van der Waals surface area contributed by atoms with Crippen LogP contribution in [0.2, 0.25) is 5.02 Å². The van der Waals surface area contributed by atoms with E-state index >= 15 is 0 Å². The SMILES string of the molecule is Cc1nc([N+](=O)[O-])c(C[N+](C)(C)C/C=C/C(=O)Nc2cc3c(Nc4ccc(OCc5ccccn5)c(Cl)c4)ncnc3cn2)n1C.[Br-]. The molecule has 1 aromatic carbocycles. The van der Waals surface area contributed by atoms with Crippen molar-refractivity contribution in [2.24, 2.45) is 7.05 Å². The number of imidazole rings is 1. The molecule has 4 heterocycles. The molecule has 47 heavy (non-hydrogen) atoms. The van der Waals surface area contributed by atoms with Gasteiger partial charge in [0.1, 0.15) is 36.9 Å². The zero-order valence-electron chi connectivity index (χ0n) is 26.0. The minimum Gasteiger partial charge on any atom is -1.00 e. The van der Waals surface area contributed by atoms with E-state index in [-0.39, 0.29) is 35.3 Å². The normalized spacial score (nSPS) is 11.3. The van der Waals surface area contributed by atoms with Gasteiger partial charge in [0.05, 0.1) is 43.1 Å². The summed E-state index contributed by atoms with van der Waals surface area (Å²) < 4.78 is 7.90. The molecular weight excluding hydrogens is 692 g/mol. The number of ether oxygens (including phenoxy) is 1. The van der Waals surface area contributed by atoms with E-state index in [2.05, 4.69) is 35.6 Å². The minimum atomic E-state index is -0.472. The quantitative estimate of drug-likeness (QED) is 0.0844. The molecule has 0 spiro atoms. The number of halogens is 2. The molecular formula is C31H32BrClN10O4. The maximum Gasteiger partial charge on any atom is 0.391 e. The number of aromatic nitrogens is 6. The van der Waals surface area contributed by atoms with Gasteiger partial charge in [-0.1, -0.05) is 17.7 Å². The molecule has 4 aromatic heterocycles. The van der Waals surface area contributed by atoms with Crippen LogP contribution in [0.15, 0.2) is 73.3 Å². The first kappa shape index (κ1) is 34.9. The molecule has 0 atom stereocenters. The molecule has 244 valence electrons. The topological polar surface area (TPSA) is 163 Å². The van der Waals surface area contributed by atoms with Gasteiger partial charge in [-0.05, 0) is 52.4 Å². The molecule has 0 saturated heterocycles. The summed E-state index contributed by atoms with van der Waals surface area (Å²) >= 11 is 6.49. The van der Waals surface area contributed by atoms with Crippen molar-refractivity contribution < 1.29 is 35.9 Å². The predicted octanol–water partition coefficient (Wildman–Crippen LogP) is 2.12. The van der Waals surface area contributed by atoms with Gasteiger partial charge in [-0.2, -0.15) is 0 Å². The number of quaternary nitrogens is 1. The van der Waals surface area contributed by atoms with Crippen molar-refractivity contribution in [3.8, 4) is 5.75 Å². The molecule has 0 aliphatic carbocycles. The van der Waals surface area contributed by atoms with Crippen LogP contribution in [0.4, 0.5) is 23.1 Å². The highest BCUT2D eigenvalue weighted by Gasteiger charge is 2.29. The van der Waals surface area contributed by atoms with Crippen LogP contribution in [0.25, 0.3) is 10.9 Å². The average Bonchev–Trinajstić information content (AvgIpc) is 3.29. The van der Waals surface area contributed by atoms with E-state index in [1.807, 2.05) is 38.4 Å². The number of carbonyl (C=O) groups excluding carboxylic acids is 1. The summed E-state index contributed by atoms with van der Waals surface area (Å²) in [6.45, 7) is 2.81. The van der Waals surface area contributed by atoms with Gasteiger partial charge in [-0.15, -0.1) is 0 Å². The lowest BCUT2D eigenvalue weighted by Gasteiger charge is -2.28. The number of fused-ring (bicyclic) bond motifs is 1. The molecule has 0 aliphatic heterocycles. The Morgan fingerprint density at radius 2 is 1.96 bits per heavy atom. The first-order chi connectivity index (χ1) is 22.0. The summed E-state index contributed by atoms with van der Waals surface area (Å²) in [6, 6.07) is 12.6. The minimum absolute atomic E-state index is 0. The van der Waals surface area contributed by atoms with Crippen LogP contribution in [0, 0.1) is 17.0 Å². The Kier molecular flexibility index (Phi) is 11.2. The van der Waals surface area contributed by atoms with Crippen LogP contribution >= 0.6 is 11.6 Å². The maximum absolute atomic E-state index is 12.8. The second-order valence-corrected chi connectivity index (χ2v) is 11.5. The third-order valence-corrected chi connectivity index (χ3v) is 7.40. The largest absolute Gasteiger partial charge is 1.00 e. The second-order valence-electron chi connectivity index (χ2n) is 11.1.